The van der Waals surface area contributed by atoms with Crippen LogP contribution >= 0.6 is 11.8 Å². The summed E-state index contributed by atoms with van der Waals surface area (Å²) < 4.78 is 5.45. The SMILES string of the molecule is N#CC1CSCN1C(=O)CNC(=O)c1ccnc2ccc(N3CC(N4CCOCC4)C3)cc12. The van der Waals surface area contributed by atoms with Gasteiger partial charge in [-0.1, -0.05) is 0 Å². The molecule has 0 spiro atoms. The van der Waals surface area contributed by atoms with Crippen molar-refractivity contribution in [3.8, 4) is 6.07 Å². The monoisotopic (exact) mass is 466 g/mol. The first kappa shape index (κ1) is 21.9. The molecule has 0 bridgehead atoms. The van der Waals surface area contributed by atoms with Gasteiger partial charge in [0.05, 0.1) is 42.8 Å². The first-order valence-corrected chi connectivity index (χ1v) is 12.3. The van der Waals surface area contributed by atoms with Crippen LogP contribution in [0.1, 0.15) is 10.4 Å². The number of ether oxygens (including phenoxy) is 1. The molecule has 3 aliphatic rings. The number of rotatable bonds is 5. The molecule has 2 amide bonds. The molecule has 10 heteroatoms. The standard InChI is InChI=1S/C23H26N6O3S/c24-10-17-14-33-15-29(17)22(30)11-26-23(31)19-3-4-25-21-2-1-16(9-20(19)21)28-12-18(13-28)27-5-7-32-8-6-27/h1-4,9,17-18H,5-8,11-15H2,(H,26,31). The third-order valence-electron chi connectivity index (χ3n) is 6.51. The molecule has 3 fully saturated rings. The number of amides is 2. The van der Waals surface area contributed by atoms with Crippen LogP contribution in [0.15, 0.2) is 30.5 Å². The summed E-state index contributed by atoms with van der Waals surface area (Å²) in [5.74, 6) is 0.531. The fraction of sp³-hybridized carbons (Fsp3) is 0.478. The molecule has 1 atom stereocenters. The molecular formula is C23H26N6O3S. The van der Waals surface area contributed by atoms with Gasteiger partial charge in [0, 0.05) is 55.2 Å². The highest BCUT2D eigenvalue weighted by molar-refractivity contribution is 7.99. The molecule has 1 N–H and O–H groups in total. The van der Waals surface area contributed by atoms with Crippen molar-refractivity contribution < 1.29 is 14.3 Å². The van der Waals surface area contributed by atoms with Gasteiger partial charge in [0.15, 0.2) is 0 Å². The fourth-order valence-corrected chi connectivity index (χ4v) is 5.62. The summed E-state index contributed by atoms with van der Waals surface area (Å²) in [5, 5.41) is 12.7. The van der Waals surface area contributed by atoms with E-state index in [1.165, 1.54) is 4.90 Å². The van der Waals surface area contributed by atoms with Crippen LogP contribution in [0.2, 0.25) is 0 Å². The smallest absolute Gasteiger partial charge is 0.252 e. The van der Waals surface area contributed by atoms with Gasteiger partial charge in [-0.15, -0.1) is 11.8 Å². The summed E-state index contributed by atoms with van der Waals surface area (Å²) >= 11 is 1.54. The highest BCUT2D eigenvalue weighted by atomic mass is 32.2. The van der Waals surface area contributed by atoms with Gasteiger partial charge in [0.2, 0.25) is 5.91 Å². The van der Waals surface area contributed by atoms with Gasteiger partial charge in [-0.25, -0.2) is 0 Å². The summed E-state index contributed by atoms with van der Waals surface area (Å²) in [6, 6.07) is 9.92. The Kier molecular flexibility index (Phi) is 6.35. The van der Waals surface area contributed by atoms with Crippen molar-refractivity contribution in [1.29, 1.82) is 5.26 Å². The van der Waals surface area contributed by atoms with Gasteiger partial charge in [0.1, 0.15) is 6.04 Å². The molecule has 1 aromatic carbocycles. The van der Waals surface area contributed by atoms with E-state index in [2.05, 4.69) is 26.2 Å². The second-order valence-corrected chi connectivity index (χ2v) is 9.46. The molecule has 3 aliphatic heterocycles. The predicted octanol–water partition coefficient (Wildman–Crippen LogP) is 0.910. The normalized spacial score (nSPS) is 21.6. The van der Waals surface area contributed by atoms with Crippen molar-refractivity contribution in [3.05, 3.63) is 36.0 Å². The van der Waals surface area contributed by atoms with E-state index in [0.29, 0.717) is 23.2 Å². The predicted molar refractivity (Wildman–Crippen MR) is 126 cm³/mol. The van der Waals surface area contributed by atoms with E-state index in [-0.39, 0.29) is 18.4 Å². The van der Waals surface area contributed by atoms with E-state index in [1.54, 1.807) is 24.0 Å². The van der Waals surface area contributed by atoms with Crippen LogP contribution in [-0.2, 0) is 9.53 Å². The van der Waals surface area contributed by atoms with Crippen LogP contribution in [0.5, 0.6) is 0 Å². The first-order chi connectivity index (χ1) is 16.1. The van der Waals surface area contributed by atoms with Crippen molar-refractivity contribution in [3.63, 3.8) is 0 Å². The number of morpholine rings is 1. The summed E-state index contributed by atoms with van der Waals surface area (Å²) in [6.07, 6.45) is 1.61. The number of hydrogen-bond donors (Lipinski definition) is 1. The zero-order chi connectivity index (χ0) is 22.8. The van der Waals surface area contributed by atoms with Crippen LogP contribution in [0.4, 0.5) is 5.69 Å². The second-order valence-electron chi connectivity index (χ2n) is 8.46. The zero-order valence-electron chi connectivity index (χ0n) is 18.3. The minimum atomic E-state index is -0.429. The number of nitriles is 1. The number of thioether (sulfide) groups is 1. The molecule has 1 aromatic heterocycles. The molecule has 2 aromatic rings. The molecule has 4 heterocycles. The molecule has 9 nitrogen and oxygen atoms in total. The lowest BCUT2D eigenvalue weighted by atomic mass is 10.0. The van der Waals surface area contributed by atoms with Crippen molar-refractivity contribution in [2.45, 2.75) is 12.1 Å². The highest BCUT2D eigenvalue weighted by Crippen LogP contribution is 2.28. The largest absolute Gasteiger partial charge is 0.379 e. The first-order valence-electron chi connectivity index (χ1n) is 11.1. The maximum atomic E-state index is 12.9. The zero-order valence-corrected chi connectivity index (χ0v) is 19.1. The number of nitrogens with one attached hydrogen (secondary N) is 1. The van der Waals surface area contributed by atoms with Crippen LogP contribution < -0.4 is 10.2 Å². The second kappa shape index (κ2) is 9.55. The van der Waals surface area contributed by atoms with Gasteiger partial charge >= 0.3 is 0 Å². The Morgan fingerprint density at radius 1 is 1.24 bits per heavy atom. The number of benzene rings is 1. The van der Waals surface area contributed by atoms with Crippen molar-refractivity contribution >= 4 is 40.2 Å². The van der Waals surface area contributed by atoms with E-state index in [1.807, 2.05) is 18.2 Å². The molecule has 0 radical (unpaired) electrons. The molecule has 5 rings (SSSR count). The summed E-state index contributed by atoms with van der Waals surface area (Å²) in [5.41, 5.74) is 2.30. The van der Waals surface area contributed by atoms with Crippen LogP contribution in [0.3, 0.4) is 0 Å². The van der Waals surface area contributed by atoms with Gasteiger partial charge in [-0.2, -0.15) is 5.26 Å². The number of hydrogen-bond acceptors (Lipinski definition) is 8. The average molecular weight is 467 g/mol. The maximum absolute atomic E-state index is 12.9. The van der Waals surface area contributed by atoms with Crippen LogP contribution in [0, 0.1) is 11.3 Å². The summed E-state index contributed by atoms with van der Waals surface area (Å²) in [7, 11) is 0. The van der Waals surface area contributed by atoms with Gasteiger partial charge in [0.25, 0.3) is 5.91 Å². The van der Waals surface area contributed by atoms with Crippen molar-refractivity contribution in [2.75, 3.05) is 62.5 Å². The third kappa shape index (κ3) is 4.49. The van der Waals surface area contributed by atoms with E-state index in [9.17, 15) is 14.9 Å². The lowest BCUT2D eigenvalue weighted by Crippen LogP contribution is -2.61. The fourth-order valence-electron chi connectivity index (χ4n) is 4.52. The minimum absolute atomic E-state index is 0.131. The Bertz CT molecular complexity index is 1090. The lowest BCUT2D eigenvalue weighted by molar-refractivity contribution is -0.129. The van der Waals surface area contributed by atoms with Gasteiger partial charge in [-0.05, 0) is 24.3 Å². The molecule has 0 saturated carbocycles. The third-order valence-corrected chi connectivity index (χ3v) is 7.52. The average Bonchev–Trinajstić information content (AvgIpc) is 3.31. The summed E-state index contributed by atoms with van der Waals surface area (Å²) in [4.78, 5) is 36.1. The molecule has 3 saturated heterocycles. The number of carbonyl (C=O) groups is 2. The quantitative estimate of drug-likeness (QED) is 0.694. The Labute approximate surface area is 196 Å². The highest BCUT2D eigenvalue weighted by Gasteiger charge is 2.33. The Balaban J connectivity index is 1.26. The van der Waals surface area contributed by atoms with E-state index in [0.717, 1.165) is 56.0 Å². The molecule has 0 aliphatic carbocycles. The van der Waals surface area contributed by atoms with E-state index < -0.39 is 6.04 Å². The van der Waals surface area contributed by atoms with E-state index in [4.69, 9.17) is 4.74 Å². The molecule has 172 valence electrons. The topological polar surface area (TPSA) is 102 Å². The Hall–Kier alpha value is -2.87. The molecular weight excluding hydrogens is 440 g/mol. The lowest BCUT2D eigenvalue weighted by Gasteiger charge is -2.47. The number of nitrogens with zero attached hydrogens (tertiary/aromatic N) is 5. The van der Waals surface area contributed by atoms with Crippen molar-refractivity contribution in [2.24, 2.45) is 0 Å². The number of aromatic nitrogens is 1. The summed E-state index contributed by atoms with van der Waals surface area (Å²) in [6.45, 7) is 5.34. The maximum Gasteiger partial charge on any atom is 0.252 e. The number of anilines is 1. The van der Waals surface area contributed by atoms with Crippen LogP contribution in [-0.4, -0.2) is 96.2 Å². The number of fused-ring (bicyclic) bond motifs is 1. The number of pyridine rings is 1. The van der Waals surface area contributed by atoms with E-state index >= 15 is 0 Å². The van der Waals surface area contributed by atoms with Crippen LogP contribution in [0.25, 0.3) is 10.9 Å². The Morgan fingerprint density at radius 2 is 2.06 bits per heavy atom. The molecule has 33 heavy (non-hydrogen) atoms. The van der Waals surface area contributed by atoms with Crippen molar-refractivity contribution in [1.82, 2.24) is 20.1 Å². The Morgan fingerprint density at radius 3 is 2.85 bits per heavy atom. The number of carbonyl (C=O) groups excluding carboxylic acids is 2. The van der Waals surface area contributed by atoms with Gasteiger partial charge in [-0.3, -0.25) is 19.5 Å². The van der Waals surface area contributed by atoms with Gasteiger partial charge < -0.3 is 19.9 Å². The minimum Gasteiger partial charge on any atom is -0.379 e. The molecule has 1 unspecified atom stereocenters.